The molecule has 1 unspecified atom stereocenters. The minimum absolute atomic E-state index is 0. The van der Waals surface area contributed by atoms with E-state index in [1.165, 1.54) is 25.7 Å². The first-order valence-corrected chi connectivity index (χ1v) is 11.9. The largest absolute Gasteiger partial charge is 1.00 e. The lowest BCUT2D eigenvalue weighted by Gasteiger charge is -2.08. The van der Waals surface area contributed by atoms with Crippen LogP contribution in [0.15, 0.2) is 24.4 Å². The van der Waals surface area contributed by atoms with E-state index in [4.69, 9.17) is 9.47 Å². The zero-order valence-corrected chi connectivity index (χ0v) is 18.8. The highest BCUT2D eigenvalue weighted by Gasteiger charge is 2.20. The Morgan fingerprint density at radius 1 is 1.34 bits per heavy atom. The molecule has 29 heavy (non-hydrogen) atoms. The van der Waals surface area contributed by atoms with Crippen LogP contribution in [0.2, 0.25) is 0 Å². The summed E-state index contributed by atoms with van der Waals surface area (Å²) in [4.78, 5) is 27.0. The molecule has 1 fully saturated rings. The lowest BCUT2D eigenvalue weighted by atomic mass is 10.1. The topological polar surface area (TPSA) is 96.0 Å². The Bertz CT molecular complexity index is 824. The molecular formula is C20H27ClN2O4S2. The van der Waals surface area contributed by atoms with Crippen LogP contribution in [-0.2, 0) is 20.7 Å². The van der Waals surface area contributed by atoms with Crippen molar-refractivity contribution in [3.05, 3.63) is 30.0 Å². The maximum atomic E-state index is 12.2. The number of hydrogen-bond donors (Lipinski definition) is 2. The van der Waals surface area contributed by atoms with E-state index in [1.807, 2.05) is 39.9 Å². The molecule has 2 heterocycles. The first-order chi connectivity index (χ1) is 13.6. The van der Waals surface area contributed by atoms with Gasteiger partial charge in [0.05, 0.1) is 7.11 Å². The highest BCUT2D eigenvalue weighted by Crippen LogP contribution is 2.39. The third-order valence-corrected chi connectivity index (χ3v) is 7.86. The van der Waals surface area contributed by atoms with Crippen molar-refractivity contribution in [2.24, 2.45) is 0 Å². The number of quaternary nitrogens is 1. The van der Waals surface area contributed by atoms with Gasteiger partial charge < -0.3 is 32.6 Å². The van der Waals surface area contributed by atoms with Crippen molar-refractivity contribution in [1.29, 1.82) is 0 Å². The minimum atomic E-state index is -0.480. The van der Waals surface area contributed by atoms with Gasteiger partial charge in [0.2, 0.25) is 0 Å². The summed E-state index contributed by atoms with van der Waals surface area (Å²) in [5.41, 5.74) is 5.73. The number of ether oxygens (including phenoxy) is 2. The minimum Gasteiger partial charge on any atom is -1.00 e. The first-order valence-electron chi connectivity index (χ1n) is 9.56. The Hall–Kier alpha value is -1.35. The van der Waals surface area contributed by atoms with Crippen molar-refractivity contribution in [2.45, 2.75) is 49.8 Å². The number of methoxy groups -OCH3 is 1. The molecule has 2 aromatic rings. The summed E-state index contributed by atoms with van der Waals surface area (Å²) >= 11 is 0. The normalized spacial score (nSPS) is 17.0. The van der Waals surface area contributed by atoms with Crippen LogP contribution in [0, 0.1) is 0 Å². The monoisotopic (exact) mass is 458 g/mol. The summed E-state index contributed by atoms with van der Waals surface area (Å²) in [6, 6.07) is 5.03. The number of halogens is 1. The van der Waals surface area contributed by atoms with Crippen molar-refractivity contribution in [1.82, 2.24) is 4.98 Å². The Morgan fingerprint density at radius 3 is 2.90 bits per heavy atom. The summed E-state index contributed by atoms with van der Waals surface area (Å²) < 4.78 is 10.3. The summed E-state index contributed by atoms with van der Waals surface area (Å²) in [7, 11) is 5.29. The van der Waals surface area contributed by atoms with E-state index in [1.54, 1.807) is 6.07 Å². The molecule has 0 aliphatic carbocycles. The number of fused-ring (bicyclic) bond motifs is 1. The lowest BCUT2D eigenvalue weighted by Crippen LogP contribution is -3.00. The average molecular weight is 459 g/mol. The quantitative estimate of drug-likeness (QED) is 0.240. The standard InChI is InChI=1S/C20H26N2O4S2.ClH/c1-25-20(24)17(21)10-13-12-22-18-7-6-14(11-16(13)18)26-19(23)5-3-2-4-15-8-9-27-28-15;/h6-7,11-12,15,17,22H,2-5,8-10,21H2,1H3;1H/t15?,17-;/m0./s1. The lowest BCUT2D eigenvalue weighted by molar-refractivity contribution is -0.407. The Kier molecular flexibility index (Phi) is 9.68. The highest BCUT2D eigenvalue weighted by molar-refractivity contribution is 8.77. The number of unbranched alkanes of at least 4 members (excludes halogenated alkanes) is 1. The number of H-pyrrole nitrogens is 1. The Balaban J connectivity index is 0.00000300. The smallest absolute Gasteiger partial charge is 0.364 e. The van der Waals surface area contributed by atoms with Crippen LogP contribution >= 0.6 is 21.6 Å². The van der Waals surface area contributed by atoms with Crippen LogP contribution in [0.5, 0.6) is 5.75 Å². The fourth-order valence-electron chi connectivity index (χ4n) is 3.29. The predicted molar refractivity (Wildman–Crippen MR) is 113 cm³/mol. The van der Waals surface area contributed by atoms with Gasteiger partial charge in [-0.05, 0) is 43.0 Å². The molecule has 1 aliphatic heterocycles. The van der Waals surface area contributed by atoms with E-state index in [2.05, 4.69) is 10.7 Å². The summed E-state index contributed by atoms with van der Waals surface area (Å²) in [6.45, 7) is 0. The Morgan fingerprint density at radius 2 is 2.17 bits per heavy atom. The molecule has 6 nitrogen and oxygen atoms in total. The van der Waals surface area contributed by atoms with Crippen LogP contribution in [0.25, 0.3) is 10.9 Å². The molecule has 2 atom stereocenters. The van der Waals surface area contributed by atoms with E-state index in [0.717, 1.165) is 34.6 Å². The van der Waals surface area contributed by atoms with Gasteiger partial charge in [-0.3, -0.25) is 4.79 Å². The molecule has 1 aromatic heterocycles. The third kappa shape index (κ3) is 6.84. The molecule has 3 rings (SSSR count). The maximum absolute atomic E-state index is 12.2. The number of rotatable bonds is 9. The molecule has 160 valence electrons. The molecule has 4 N–H and O–H groups in total. The molecule has 0 saturated carbocycles. The molecule has 0 amide bonds. The van der Waals surface area contributed by atoms with Gasteiger partial charge in [-0.1, -0.05) is 28.0 Å². The molecule has 0 spiro atoms. The van der Waals surface area contributed by atoms with Gasteiger partial charge in [0.15, 0.2) is 6.04 Å². The fraction of sp³-hybridized carbons (Fsp3) is 0.500. The van der Waals surface area contributed by atoms with Crippen LogP contribution in [0.3, 0.4) is 0 Å². The zero-order valence-electron chi connectivity index (χ0n) is 16.4. The number of esters is 2. The number of carbonyl (C=O) groups is 2. The second-order valence-corrected chi connectivity index (χ2v) is 9.78. The van der Waals surface area contributed by atoms with Gasteiger partial charge >= 0.3 is 11.9 Å². The number of aromatic amines is 1. The van der Waals surface area contributed by atoms with Crippen LogP contribution in [0.1, 0.15) is 37.7 Å². The van der Waals surface area contributed by atoms with E-state index in [9.17, 15) is 9.59 Å². The van der Waals surface area contributed by atoms with E-state index in [0.29, 0.717) is 18.6 Å². The SMILES string of the molecule is COC(=O)[C@@H]([NH3+])Cc1c[nH]c2ccc(OC(=O)CCCCC3CCSS3)cc12.[Cl-]. The average Bonchev–Trinajstić information content (AvgIpc) is 3.35. The number of hydrogen-bond acceptors (Lipinski definition) is 6. The number of nitrogens with one attached hydrogen (secondary N) is 1. The van der Waals surface area contributed by atoms with E-state index >= 15 is 0 Å². The third-order valence-electron chi connectivity index (χ3n) is 4.86. The number of benzene rings is 1. The maximum Gasteiger partial charge on any atom is 0.364 e. The fourth-order valence-corrected chi connectivity index (χ4v) is 6.32. The summed E-state index contributed by atoms with van der Waals surface area (Å²) in [5, 5.41) is 1.68. The highest BCUT2D eigenvalue weighted by atomic mass is 35.5. The van der Waals surface area contributed by atoms with Gasteiger partial charge in [-0.15, -0.1) is 0 Å². The van der Waals surface area contributed by atoms with Crippen molar-refractivity contribution in [3.63, 3.8) is 0 Å². The second-order valence-electron chi connectivity index (χ2n) is 6.99. The molecule has 1 aromatic carbocycles. The molecule has 0 bridgehead atoms. The first kappa shape index (κ1) is 23.9. The van der Waals surface area contributed by atoms with Crippen molar-refractivity contribution in [2.75, 3.05) is 12.9 Å². The second kappa shape index (κ2) is 11.7. The van der Waals surface area contributed by atoms with E-state index in [-0.39, 0.29) is 24.3 Å². The van der Waals surface area contributed by atoms with Crippen molar-refractivity contribution < 1.29 is 37.2 Å². The molecule has 1 saturated heterocycles. The van der Waals surface area contributed by atoms with Gasteiger partial charge in [0, 0.05) is 40.9 Å². The van der Waals surface area contributed by atoms with Gasteiger partial charge in [0.1, 0.15) is 5.75 Å². The van der Waals surface area contributed by atoms with Gasteiger partial charge in [-0.2, -0.15) is 0 Å². The van der Waals surface area contributed by atoms with Crippen LogP contribution in [0.4, 0.5) is 0 Å². The number of carbonyl (C=O) groups excluding carboxylic acids is 2. The van der Waals surface area contributed by atoms with E-state index < -0.39 is 6.04 Å². The van der Waals surface area contributed by atoms with Crippen molar-refractivity contribution in [3.8, 4) is 5.75 Å². The number of aromatic nitrogens is 1. The van der Waals surface area contributed by atoms with Gasteiger partial charge in [0.25, 0.3) is 0 Å². The molecule has 0 radical (unpaired) electrons. The zero-order chi connectivity index (χ0) is 19.9. The summed E-state index contributed by atoms with van der Waals surface area (Å²) in [5.74, 6) is 1.23. The molecule has 9 heteroatoms. The van der Waals surface area contributed by atoms with Crippen LogP contribution < -0.4 is 22.9 Å². The Labute approximate surface area is 184 Å². The van der Waals surface area contributed by atoms with Gasteiger partial charge in [-0.25, -0.2) is 4.79 Å². The predicted octanol–water partition coefficient (Wildman–Crippen LogP) is 0.117. The summed E-state index contributed by atoms with van der Waals surface area (Å²) in [6.07, 6.45) is 7.14. The van der Waals surface area contributed by atoms with Crippen molar-refractivity contribution >= 4 is 44.4 Å². The molecule has 1 aliphatic rings. The molecular weight excluding hydrogens is 432 g/mol. The van der Waals surface area contributed by atoms with Crippen LogP contribution in [-0.4, -0.2) is 41.1 Å².